The number of hydrogen-bond acceptors (Lipinski definition) is 3. The molecule has 0 aliphatic heterocycles. The van der Waals surface area contributed by atoms with Crippen LogP contribution in [0, 0.1) is 6.92 Å². The molecule has 0 bridgehead atoms. The van der Waals surface area contributed by atoms with Gasteiger partial charge in [0, 0.05) is 5.69 Å². The highest BCUT2D eigenvalue weighted by atomic mass is 16.2. The fourth-order valence-corrected chi connectivity index (χ4v) is 2.59. The lowest BCUT2D eigenvalue weighted by Gasteiger charge is -2.14. The number of benzene rings is 2. The van der Waals surface area contributed by atoms with Gasteiger partial charge in [0.25, 0.3) is 5.91 Å². The van der Waals surface area contributed by atoms with E-state index in [-0.39, 0.29) is 5.69 Å². The summed E-state index contributed by atoms with van der Waals surface area (Å²) >= 11 is 0. The fraction of sp³-hybridized carbons (Fsp3) is 0.105. The summed E-state index contributed by atoms with van der Waals surface area (Å²) in [6.07, 6.45) is 0. The highest BCUT2D eigenvalue weighted by molar-refractivity contribution is 5.96. The Morgan fingerprint density at radius 2 is 1.64 bits per heavy atom. The summed E-state index contributed by atoms with van der Waals surface area (Å²) in [5.74, 6) is -1.08. The van der Waals surface area contributed by atoms with Crippen molar-refractivity contribution in [3.05, 3.63) is 83.7 Å². The molecule has 2 aromatic carbocycles. The van der Waals surface area contributed by atoms with Gasteiger partial charge in [-0.3, -0.25) is 9.59 Å². The van der Waals surface area contributed by atoms with E-state index < -0.39 is 17.9 Å². The van der Waals surface area contributed by atoms with Crippen molar-refractivity contribution in [3.63, 3.8) is 0 Å². The molecule has 1 atom stereocenters. The second-order valence-corrected chi connectivity index (χ2v) is 5.64. The first-order valence-electron chi connectivity index (χ1n) is 7.83. The number of nitrogens with zero attached hydrogens (tertiary/aromatic N) is 2. The third-order valence-corrected chi connectivity index (χ3v) is 3.81. The number of aromatic nitrogens is 2. The van der Waals surface area contributed by atoms with E-state index in [1.165, 1.54) is 0 Å². The van der Waals surface area contributed by atoms with Crippen LogP contribution in [0.4, 0.5) is 0 Å². The molecule has 1 aromatic heterocycles. The lowest BCUT2D eigenvalue weighted by Crippen LogP contribution is -2.37. The summed E-state index contributed by atoms with van der Waals surface area (Å²) in [7, 11) is 0. The maximum absolute atomic E-state index is 12.5. The van der Waals surface area contributed by atoms with Crippen LogP contribution in [-0.4, -0.2) is 21.6 Å². The van der Waals surface area contributed by atoms with Gasteiger partial charge in [-0.2, -0.15) is 5.10 Å². The smallest absolute Gasteiger partial charge is 0.272 e. The van der Waals surface area contributed by atoms with Crippen molar-refractivity contribution < 1.29 is 9.59 Å². The van der Waals surface area contributed by atoms with Crippen LogP contribution >= 0.6 is 0 Å². The zero-order valence-electron chi connectivity index (χ0n) is 13.7. The Balaban J connectivity index is 1.85. The van der Waals surface area contributed by atoms with Gasteiger partial charge in [0.1, 0.15) is 6.04 Å². The maximum Gasteiger partial charge on any atom is 0.272 e. The minimum atomic E-state index is -0.907. The quantitative estimate of drug-likeness (QED) is 0.749. The summed E-state index contributed by atoms with van der Waals surface area (Å²) in [6.45, 7) is 1.86. The van der Waals surface area contributed by atoms with E-state index in [1.807, 2.05) is 43.3 Å². The Kier molecular flexibility index (Phi) is 4.61. The number of nitrogens with two attached hydrogens (primary N) is 1. The van der Waals surface area contributed by atoms with E-state index in [0.29, 0.717) is 5.56 Å². The average molecular weight is 334 g/mol. The second kappa shape index (κ2) is 7.00. The van der Waals surface area contributed by atoms with E-state index in [4.69, 9.17) is 5.73 Å². The van der Waals surface area contributed by atoms with E-state index in [1.54, 1.807) is 35.0 Å². The highest BCUT2D eigenvalue weighted by Crippen LogP contribution is 2.15. The van der Waals surface area contributed by atoms with Crippen LogP contribution < -0.4 is 11.1 Å². The molecule has 6 heteroatoms. The molecule has 126 valence electrons. The van der Waals surface area contributed by atoms with Crippen molar-refractivity contribution in [1.29, 1.82) is 0 Å². The van der Waals surface area contributed by atoms with Gasteiger partial charge in [-0.1, -0.05) is 48.5 Å². The molecule has 1 unspecified atom stereocenters. The van der Waals surface area contributed by atoms with Crippen LogP contribution in [0.2, 0.25) is 0 Å². The van der Waals surface area contributed by atoms with Gasteiger partial charge in [0.2, 0.25) is 5.91 Å². The number of primary amides is 1. The van der Waals surface area contributed by atoms with Crippen molar-refractivity contribution in [2.45, 2.75) is 13.0 Å². The summed E-state index contributed by atoms with van der Waals surface area (Å²) in [6, 6.07) is 19.1. The Bertz CT molecular complexity index is 888. The van der Waals surface area contributed by atoms with Gasteiger partial charge in [-0.05, 0) is 30.7 Å². The number of rotatable bonds is 5. The third-order valence-electron chi connectivity index (χ3n) is 3.81. The molecular formula is C19H18N4O2. The van der Waals surface area contributed by atoms with Crippen LogP contribution in [0.25, 0.3) is 5.69 Å². The molecule has 25 heavy (non-hydrogen) atoms. The van der Waals surface area contributed by atoms with E-state index in [2.05, 4.69) is 10.4 Å². The molecule has 0 saturated carbocycles. The molecule has 0 aliphatic carbocycles. The van der Waals surface area contributed by atoms with Crippen molar-refractivity contribution in [2.75, 3.05) is 0 Å². The van der Waals surface area contributed by atoms with E-state index in [9.17, 15) is 9.59 Å². The standard InChI is InChI=1S/C19H18N4O2/c1-13-12-16(22-23(13)15-10-6-3-7-11-15)19(25)21-17(18(20)24)14-8-4-2-5-9-14/h2-12,17H,1H3,(H2,20,24)(H,21,25). The number of nitrogens with one attached hydrogen (secondary N) is 1. The Morgan fingerprint density at radius 3 is 2.24 bits per heavy atom. The zero-order chi connectivity index (χ0) is 17.8. The van der Waals surface area contributed by atoms with Crippen LogP contribution in [0.3, 0.4) is 0 Å². The van der Waals surface area contributed by atoms with Gasteiger partial charge in [0.05, 0.1) is 5.69 Å². The minimum absolute atomic E-state index is 0.225. The second-order valence-electron chi connectivity index (χ2n) is 5.64. The summed E-state index contributed by atoms with van der Waals surface area (Å²) in [5.41, 5.74) is 7.96. The van der Waals surface area contributed by atoms with E-state index in [0.717, 1.165) is 11.4 Å². The Hall–Kier alpha value is -3.41. The molecule has 0 aliphatic rings. The summed E-state index contributed by atoms with van der Waals surface area (Å²) in [5, 5.41) is 6.99. The van der Waals surface area contributed by atoms with E-state index >= 15 is 0 Å². The lowest BCUT2D eigenvalue weighted by molar-refractivity contribution is -0.120. The topological polar surface area (TPSA) is 90.0 Å². The first kappa shape index (κ1) is 16.4. The van der Waals surface area contributed by atoms with Crippen molar-refractivity contribution in [2.24, 2.45) is 5.73 Å². The number of para-hydroxylation sites is 1. The van der Waals surface area contributed by atoms with Crippen LogP contribution in [0.1, 0.15) is 27.8 Å². The molecule has 3 aromatic rings. The van der Waals surface area contributed by atoms with Crippen LogP contribution in [0.5, 0.6) is 0 Å². The number of hydrogen-bond donors (Lipinski definition) is 2. The number of carbonyl (C=O) groups excluding carboxylic acids is 2. The SMILES string of the molecule is Cc1cc(C(=O)NC(C(N)=O)c2ccccc2)nn1-c1ccccc1. The third kappa shape index (κ3) is 3.58. The summed E-state index contributed by atoms with van der Waals surface area (Å²) in [4.78, 5) is 24.3. The van der Waals surface area contributed by atoms with Crippen molar-refractivity contribution in [1.82, 2.24) is 15.1 Å². The first-order valence-corrected chi connectivity index (χ1v) is 7.83. The number of aryl methyl sites for hydroxylation is 1. The monoisotopic (exact) mass is 334 g/mol. The van der Waals surface area contributed by atoms with Gasteiger partial charge in [0.15, 0.2) is 5.69 Å². The molecule has 0 fully saturated rings. The average Bonchev–Trinajstić information content (AvgIpc) is 3.02. The summed E-state index contributed by atoms with van der Waals surface area (Å²) < 4.78 is 1.68. The normalized spacial score (nSPS) is 11.7. The molecule has 0 saturated heterocycles. The molecule has 1 heterocycles. The number of amides is 2. The lowest BCUT2D eigenvalue weighted by atomic mass is 10.1. The fourth-order valence-electron chi connectivity index (χ4n) is 2.59. The maximum atomic E-state index is 12.5. The van der Waals surface area contributed by atoms with Gasteiger partial charge >= 0.3 is 0 Å². The highest BCUT2D eigenvalue weighted by Gasteiger charge is 2.22. The molecule has 0 spiro atoms. The Labute approximate surface area is 145 Å². The molecule has 3 N–H and O–H groups in total. The van der Waals surface area contributed by atoms with Crippen LogP contribution in [0.15, 0.2) is 66.7 Å². The van der Waals surface area contributed by atoms with Gasteiger partial charge < -0.3 is 11.1 Å². The predicted molar refractivity (Wildman–Crippen MR) is 94.1 cm³/mol. The van der Waals surface area contributed by atoms with Gasteiger partial charge in [-0.15, -0.1) is 0 Å². The van der Waals surface area contributed by atoms with Crippen molar-refractivity contribution in [3.8, 4) is 5.69 Å². The molecule has 2 amide bonds. The van der Waals surface area contributed by atoms with Crippen molar-refractivity contribution >= 4 is 11.8 Å². The van der Waals surface area contributed by atoms with Gasteiger partial charge in [-0.25, -0.2) is 4.68 Å². The zero-order valence-corrected chi connectivity index (χ0v) is 13.7. The largest absolute Gasteiger partial charge is 0.368 e. The number of carbonyl (C=O) groups is 2. The molecule has 0 radical (unpaired) electrons. The first-order chi connectivity index (χ1) is 12.1. The van der Waals surface area contributed by atoms with Crippen LogP contribution in [-0.2, 0) is 4.79 Å². The molecular weight excluding hydrogens is 316 g/mol. The molecule has 3 rings (SSSR count). The molecule has 6 nitrogen and oxygen atoms in total. The predicted octanol–water partition coefficient (Wildman–Crippen LogP) is 2.14. The Morgan fingerprint density at radius 1 is 1.04 bits per heavy atom. The minimum Gasteiger partial charge on any atom is -0.368 e.